The molecule has 2 atom stereocenters. The minimum Gasteiger partial charge on any atom is -0.469 e. The van der Waals surface area contributed by atoms with Gasteiger partial charge in [0.15, 0.2) is 8.32 Å². The summed E-state index contributed by atoms with van der Waals surface area (Å²) < 4.78 is 11.1. The predicted molar refractivity (Wildman–Crippen MR) is 78.1 cm³/mol. The van der Waals surface area contributed by atoms with Crippen LogP contribution in [0.2, 0.25) is 18.1 Å². The number of allylic oxidation sites excluding steroid dienone is 1. The molecule has 0 aromatic rings. The van der Waals surface area contributed by atoms with Gasteiger partial charge in [0, 0.05) is 0 Å². The second-order valence-electron chi connectivity index (χ2n) is 6.18. The van der Waals surface area contributed by atoms with Gasteiger partial charge in [-0.05, 0) is 32.0 Å². The summed E-state index contributed by atoms with van der Waals surface area (Å²) in [5.74, 6) is -0.503. The molecule has 0 N–H and O–H groups in total. The van der Waals surface area contributed by atoms with E-state index >= 15 is 0 Å². The van der Waals surface area contributed by atoms with Gasteiger partial charge < -0.3 is 9.16 Å². The van der Waals surface area contributed by atoms with E-state index in [9.17, 15) is 4.79 Å². The van der Waals surface area contributed by atoms with E-state index in [1.165, 1.54) is 7.11 Å². The number of hydrogen-bond acceptors (Lipinski definition) is 3. The van der Waals surface area contributed by atoms with Crippen molar-refractivity contribution in [2.45, 2.75) is 58.9 Å². The maximum atomic E-state index is 11.6. The molecule has 106 valence electrons. The fraction of sp³-hybridized carbons (Fsp3) is 0.786. The molecule has 0 saturated carbocycles. The first-order valence-corrected chi connectivity index (χ1v) is 9.36. The highest BCUT2D eigenvalue weighted by molar-refractivity contribution is 6.74. The molecule has 18 heavy (non-hydrogen) atoms. The second-order valence-corrected chi connectivity index (χ2v) is 10.9. The van der Waals surface area contributed by atoms with Crippen molar-refractivity contribution in [1.82, 2.24) is 0 Å². The van der Waals surface area contributed by atoms with Gasteiger partial charge >= 0.3 is 5.97 Å². The summed E-state index contributed by atoms with van der Waals surface area (Å²) in [4.78, 5) is 11.6. The van der Waals surface area contributed by atoms with Crippen molar-refractivity contribution in [1.29, 1.82) is 0 Å². The molecule has 0 heterocycles. The highest BCUT2D eigenvalue weighted by atomic mass is 28.4. The van der Waals surface area contributed by atoms with Crippen LogP contribution in [0.5, 0.6) is 0 Å². The summed E-state index contributed by atoms with van der Waals surface area (Å²) in [6.07, 6.45) is 3.67. The van der Waals surface area contributed by atoms with Crippen LogP contribution < -0.4 is 0 Å². The van der Waals surface area contributed by atoms with Gasteiger partial charge in [0.2, 0.25) is 0 Å². The summed E-state index contributed by atoms with van der Waals surface area (Å²) in [6, 6.07) is 0. The highest BCUT2D eigenvalue weighted by Crippen LogP contribution is 2.38. The van der Waals surface area contributed by atoms with Crippen molar-refractivity contribution in [2.75, 3.05) is 7.11 Å². The first-order valence-electron chi connectivity index (χ1n) is 6.45. The molecule has 0 aromatic carbocycles. The second kappa shape index (κ2) is 6.52. The van der Waals surface area contributed by atoms with Crippen LogP contribution in [0.3, 0.4) is 0 Å². The fourth-order valence-electron chi connectivity index (χ4n) is 1.33. The van der Waals surface area contributed by atoms with E-state index in [0.717, 1.165) is 0 Å². The van der Waals surface area contributed by atoms with Crippen molar-refractivity contribution in [3.05, 3.63) is 12.2 Å². The molecular formula is C14H28O3Si. The van der Waals surface area contributed by atoms with Crippen molar-refractivity contribution < 1.29 is 14.0 Å². The molecule has 3 nitrogen and oxygen atoms in total. The molecule has 0 aliphatic carbocycles. The Hall–Kier alpha value is -0.613. The first kappa shape index (κ1) is 17.4. The molecule has 0 aliphatic heterocycles. The quantitative estimate of drug-likeness (QED) is 0.434. The maximum Gasteiger partial charge on any atom is 0.311 e. The van der Waals surface area contributed by atoms with Gasteiger partial charge in [0.1, 0.15) is 0 Å². The number of hydrogen-bond donors (Lipinski definition) is 0. The number of carbonyl (C=O) groups is 1. The number of ether oxygens (including phenoxy) is 1. The standard InChI is InChI=1S/C14H28O3Si/c1-9-10-12(11(2)13(15)16-6)17-18(7,8)14(3,4)5/h9-12H,1-8H3/b10-9+/t11-,12-/m1/s1. The fourth-order valence-corrected chi connectivity index (χ4v) is 2.65. The lowest BCUT2D eigenvalue weighted by Crippen LogP contribution is -2.46. The molecule has 0 amide bonds. The number of carbonyl (C=O) groups excluding carboxylic acids is 1. The number of methoxy groups -OCH3 is 1. The molecule has 4 heteroatoms. The maximum absolute atomic E-state index is 11.6. The minimum atomic E-state index is -1.89. The topological polar surface area (TPSA) is 35.5 Å². The highest BCUT2D eigenvalue weighted by Gasteiger charge is 2.40. The summed E-state index contributed by atoms with van der Waals surface area (Å²) in [6.45, 7) is 14.7. The van der Waals surface area contributed by atoms with E-state index in [2.05, 4.69) is 33.9 Å². The average molecular weight is 272 g/mol. The van der Waals surface area contributed by atoms with Gasteiger partial charge in [0.25, 0.3) is 0 Å². The molecule has 0 fully saturated rings. The van der Waals surface area contributed by atoms with Crippen LogP contribution in [0.4, 0.5) is 0 Å². The van der Waals surface area contributed by atoms with Gasteiger partial charge in [-0.15, -0.1) is 0 Å². The molecule has 0 bridgehead atoms. The van der Waals surface area contributed by atoms with Crippen LogP contribution in [0.25, 0.3) is 0 Å². The zero-order valence-corrected chi connectivity index (χ0v) is 14.0. The van der Waals surface area contributed by atoms with Crippen LogP contribution in [0, 0.1) is 5.92 Å². The van der Waals surface area contributed by atoms with E-state index in [1.807, 2.05) is 26.0 Å². The zero-order chi connectivity index (χ0) is 14.6. The Balaban J connectivity index is 5.00. The van der Waals surface area contributed by atoms with Gasteiger partial charge in [-0.2, -0.15) is 0 Å². The summed E-state index contributed by atoms with van der Waals surface area (Å²) in [5, 5.41) is 0.128. The summed E-state index contributed by atoms with van der Waals surface area (Å²) in [7, 11) is -0.471. The molecule has 0 saturated heterocycles. The van der Waals surface area contributed by atoms with E-state index in [4.69, 9.17) is 9.16 Å². The molecule has 0 unspecified atom stereocenters. The minimum absolute atomic E-state index is 0.128. The first-order chi connectivity index (χ1) is 8.06. The molecular weight excluding hydrogens is 244 g/mol. The zero-order valence-electron chi connectivity index (χ0n) is 13.0. The lowest BCUT2D eigenvalue weighted by molar-refractivity contribution is -0.147. The van der Waals surface area contributed by atoms with E-state index in [1.54, 1.807) is 0 Å². The van der Waals surface area contributed by atoms with E-state index < -0.39 is 8.32 Å². The largest absolute Gasteiger partial charge is 0.469 e. The average Bonchev–Trinajstić information content (AvgIpc) is 2.24. The molecule has 0 spiro atoms. The predicted octanol–water partition coefficient (Wildman–Crippen LogP) is 3.76. The Kier molecular flexibility index (Phi) is 6.30. The van der Waals surface area contributed by atoms with Crippen LogP contribution in [0.1, 0.15) is 34.6 Å². The lowest BCUT2D eigenvalue weighted by atomic mass is 10.1. The van der Waals surface area contributed by atoms with Gasteiger partial charge in [-0.25, -0.2) is 0 Å². The Morgan fingerprint density at radius 2 is 1.78 bits per heavy atom. The van der Waals surface area contributed by atoms with Gasteiger partial charge in [-0.3, -0.25) is 4.79 Å². The van der Waals surface area contributed by atoms with Crippen LogP contribution >= 0.6 is 0 Å². The van der Waals surface area contributed by atoms with Crippen molar-refractivity contribution in [3.63, 3.8) is 0 Å². The summed E-state index contributed by atoms with van der Waals surface area (Å²) in [5.41, 5.74) is 0. The third kappa shape index (κ3) is 4.57. The Morgan fingerprint density at radius 1 is 1.28 bits per heavy atom. The smallest absolute Gasteiger partial charge is 0.311 e. The van der Waals surface area contributed by atoms with Gasteiger partial charge in [-0.1, -0.05) is 32.9 Å². The van der Waals surface area contributed by atoms with Crippen molar-refractivity contribution >= 4 is 14.3 Å². The Labute approximate surface area is 113 Å². The summed E-state index contributed by atoms with van der Waals surface area (Å²) >= 11 is 0. The molecule has 0 aliphatic rings. The Morgan fingerprint density at radius 3 is 2.11 bits per heavy atom. The number of esters is 1. The third-order valence-electron chi connectivity index (χ3n) is 3.68. The van der Waals surface area contributed by atoms with E-state index in [0.29, 0.717) is 0 Å². The van der Waals surface area contributed by atoms with Crippen LogP contribution in [0.15, 0.2) is 12.2 Å². The molecule has 0 rings (SSSR count). The molecule has 0 aromatic heterocycles. The van der Waals surface area contributed by atoms with Crippen molar-refractivity contribution in [2.24, 2.45) is 5.92 Å². The Bertz CT molecular complexity index is 303. The lowest BCUT2D eigenvalue weighted by Gasteiger charge is -2.39. The monoisotopic (exact) mass is 272 g/mol. The molecule has 0 radical (unpaired) electrons. The van der Waals surface area contributed by atoms with Gasteiger partial charge in [0.05, 0.1) is 19.1 Å². The SMILES string of the molecule is C/C=C/[C@@H](O[Si](C)(C)C(C)(C)C)[C@@H](C)C(=O)OC. The normalized spacial score (nSPS) is 16.7. The third-order valence-corrected chi connectivity index (χ3v) is 8.16. The van der Waals surface area contributed by atoms with Crippen molar-refractivity contribution in [3.8, 4) is 0 Å². The number of rotatable bonds is 5. The van der Waals surface area contributed by atoms with E-state index in [-0.39, 0.29) is 23.0 Å². The van der Waals surface area contributed by atoms with Crippen LogP contribution in [-0.2, 0) is 14.0 Å². The van der Waals surface area contributed by atoms with Crippen LogP contribution in [-0.4, -0.2) is 27.5 Å².